The van der Waals surface area contributed by atoms with Crippen LogP contribution in [-0.2, 0) is 11.2 Å². The Labute approximate surface area is 140 Å². The van der Waals surface area contributed by atoms with Gasteiger partial charge in [0.25, 0.3) is 0 Å². The summed E-state index contributed by atoms with van der Waals surface area (Å²) >= 11 is 0. The van der Waals surface area contributed by atoms with E-state index in [1.54, 1.807) is 19.4 Å². The van der Waals surface area contributed by atoms with E-state index >= 15 is 0 Å². The number of hydrogen-bond donors (Lipinski definition) is 1. The first-order valence-electron chi connectivity index (χ1n) is 7.77. The number of para-hydroxylation sites is 1. The maximum absolute atomic E-state index is 12.1. The van der Waals surface area contributed by atoms with Crippen LogP contribution in [0.4, 0.5) is 5.69 Å². The van der Waals surface area contributed by atoms with Crippen molar-refractivity contribution >= 4 is 11.6 Å². The van der Waals surface area contributed by atoms with E-state index < -0.39 is 0 Å². The number of aryl methyl sites for hydroxylation is 1. The second-order valence-corrected chi connectivity index (χ2v) is 5.41. The topological polar surface area (TPSA) is 56.1 Å². The number of nitrogens with zero attached hydrogens (tertiary/aromatic N) is 2. The average Bonchev–Trinajstić information content (AvgIpc) is 3.10. The highest BCUT2D eigenvalue weighted by Crippen LogP contribution is 2.17. The first kappa shape index (κ1) is 15.8. The maximum Gasteiger partial charge on any atom is 0.224 e. The summed E-state index contributed by atoms with van der Waals surface area (Å²) in [5.41, 5.74) is 2.77. The van der Waals surface area contributed by atoms with Crippen LogP contribution >= 0.6 is 0 Å². The molecule has 0 spiro atoms. The van der Waals surface area contributed by atoms with Gasteiger partial charge in [0.1, 0.15) is 5.75 Å². The van der Waals surface area contributed by atoms with Gasteiger partial charge in [-0.2, -0.15) is 5.10 Å². The minimum absolute atomic E-state index is 0.0317. The van der Waals surface area contributed by atoms with E-state index in [0.29, 0.717) is 12.8 Å². The van der Waals surface area contributed by atoms with Crippen LogP contribution < -0.4 is 10.1 Å². The minimum Gasteiger partial charge on any atom is -0.497 e. The van der Waals surface area contributed by atoms with Crippen LogP contribution in [0, 0.1) is 0 Å². The Balaban J connectivity index is 1.56. The number of rotatable bonds is 6. The lowest BCUT2D eigenvalue weighted by Crippen LogP contribution is -2.12. The molecule has 0 aliphatic carbocycles. The van der Waals surface area contributed by atoms with Crippen molar-refractivity contribution in [2.75, 3.05) is 12.4 Å². The van der Waals surface area contributed by atoms with Gasteiger partial charge in [-0.25, -0.2) is 4.68 Å². The predicted octanol–water partition coefficient (Wildman–Crippen LogP) is 3.45. The van der Waals surface area contributed by atoms with Gasteiger partial charge in [0.15, 0.2) is 0 Å². The van der Waals surface area contributed by atoms with E-state index in [4.69, 9.17) is 4.74 Å². The fraction of sp³-hybridized carbons (Fsp3) is 0.158. The molecular weight excluding hydrogens is 302 g/mol. The van der Waals surface area contributed by atoms with E-state index in [1.807, 2.05) is 59.4 Å². The van der Waals surface area contributed by atoms with Gasteiger partial charge in [0.2, 0.25) is 5.91 Å². The van der Waals surface area contributed by atoms with Gasteiger partial charge >= 0.3 is 0 Å². The fourth-order valence-electron chi connectivity index (χ4n) is 2.39. The van der Waals surface area contributed by atoms with E-state index in [9.17, 15) is 4.79 Å². The largest absolute Gasteiger partial charge is 0.497 e. The van der Waals surface area contributed by atoms with Crippen LogP contribution in [-0.4, -0.2) is 22.8 Å². The Morgan fingerprint density at radius 2 is 2.00 bits per heavy atom. The van der Waals surface area contributed by atoms with Crippen LogP contribution in [0.5, 0.6) is 5.75 Å². The van der Waals surface area contributed by atoms with E-state index in [2.05, 4.69) is 10.4 Å². The number of ether oxygens (including phenoxy) is 1. The maximum atomic E-state index is 12.1. The summed E-state index contributed by atoms with van der Waals surface area (Å²) in [5.74, 6) is 0.688. The molecule has 0 fully saturated rings. The fourth-order valence-corrected chi connectivity index (χ4v) is 2.39. The highest BCUT2D eigenvalue weighted by atomic mass is 16.5. The first-order chi connectivity index (χ1) is 11.7. The molecule has 122 valence electrons. The first-order valence-corrected chi connectivity index (χ1v) is 7.77. The monoisotopic (exact) mass is 321 g/mol. The molecule has 0 saturated heterocycles. The zero-order valence-electron chi connectivity index (χ0n) is 13.5. The Bertz CT molecular complexity index is 812. The molecule has 0 aliphatic rings. The summed E-state index contributed by atoms with van der Waals surface area (Å²) in [7, 11) is 1.60. The lowest BCUT2D eigenvalue weighted by molar-refractivity contribution is -0.116. The van der Waals surface area contributed by atoms with E-state index in [1.165, 1.54) is 0 Å². The normalized spacial score (nSPS) is 10.4. The smallest absolute Gasteiger partial charge is 0.224 e. The third-order valence-electron chi connectivity index (χ3n) is 3.65. The number of hydrogen-bond acceptors (Lipinski definition) is 3. The van der Waals surface area contributed by atoms with Gasteiger partial charge in [0, 0.05) is 24.4 Å². The van der Waals surface area contributed by atoms with Gasteiger partial charge in [-0.05, 0) is 36.2 Å². The van der Waals surface area contributed by atoms with Gasteiger partial charge in [-0.15, -0.1) is 0 Å². The second-order valence-electron chi connectivity index (χ2n) is 5.41. The van der Waals surface area contributed by atoms with Crippen molar-refractivity contribution < 1.29 is 9.53 Å². The molecule has 0 unspecified atom stereocenters. The minimum atomic E-state index is -0.0317. The average molecular weight is 321 g/mol. The standard InChI is InChI=1S/C19H19N3O2/c1-24-18-9-5-6-16(12-18)21-19(23)11-10-15-13-20-22(14-15)17-7-3-2-4-8-17/h2-9,12-14H,10-11H2,1H3,(H,21,23). The highest BCUT2D eigenvalue weighted by Gasteiger charge is 2.06. The molecule has 1 aromatic heterocycles. The molecule has 24 heavy (non-hydrogen) atoms. The summed E-state index contributed by atoms with van der Waals surface area (Å²) in [4.78, 5) is 12.1. The molecule has 0 bridgehead atoms. The number of anilines is 1. The predicted molar refractivity (Wildman–Crippen MR) is 93.5 cm³/mol. The van der Waals surface area contributed by atoms with Gasteiger partial charge in [0.05, 0.1) is 19.0 Å². The molecule has 3 aromatic rings. The number of amides is 1. The lowest BCUT2D eigenvalue weighted by atomic mass is 10.2. The number of carbonyl (C=O) groups is 1. The van der Waals surface area contributed by atoms with Crippen LogP contribution in [0.1, 0.15) is 12.0 Å². The molecule has 3 rings (SSSR count). The summed E-state index contributed by atoms with van der Waals surface area (Å²) < 4.78 is 6.96. The highest BCUT2D eigenvalue weighted by molar-refractivity contribution is 5.91. The van der Waals surface area contributed by atoms with E-state index in [0.717, 1.165) is 22.7 Å². The summed E-state index contributed by atoms with van der Waals surface area (Å²) in [5, 5.41) is 7.22. The van der Waals surface area contributed by atoms with Crippen LogP contribution in [0.2, 0.25) is 0 Å². The van der Waals surface area contributed by atoms with Crippen LogP contribution in [0.25, 0.3) is 5.69 Å². The Hall–Kier alpha value is -3.08. The number of methoxy groups -OCH3 is 1. The molecule has 5 heteroatoms. The second kappa shape index (κ2) is 7.46. The quantitative estimate of drug-likeness (QED) is 0.756. The van der Waals surface area contributed by atoms with Gasteiger partial charge < -0.3 is 10.1 Å². The van der Waals surface area contributed by atoms with Crippen molar-refractivity contribution in [1.82, 2.24) is 9.78 Å². The molecule has 0 aliphatic heterocycles. The number of benzene rings is 2. The Kier molecular flexibility index (Phi) is 4.91. The molecule has 0 radical (unpaired) electrons. The third-order valence-corrected chi connectivity index (χ3v) is 3.65. The van der Waals surface area contributed by atoms with Gasteiger partial charge in [-0.1, -0.05) is 24.3 Å². The zero-order valence-corrected chi connectivity index (χ0v) is 13.5. The number of aromatic nitrogens is 2. The van der Waals surface area contributed by atoms with Crippen molar-refractivity contribution in [2.24, 2.45) is 0 Å². The van der Waals surface area contributed by atoms with Crippen molar-refractivity contribution in [3.05, 3.63) is 72.6 Å². The molecule has 2 aromatic carbocycles. The molecule has 0 atom stereocenters. The van der Waals surface area contributed by atoms with Crippen molar-refractivity contribution in [1.29, 1.82) is 0 Å². The van der Waals surface area contributed by atoms with Crippen molar-refractivity contribution in [2.45, 2.75) is 12.8 Å². The SMILES string of the molecule is COc1cccc(NC(=O)CCc2cnn(-c3ccccc3)c2)c1. The Morgan fingerprint density at radius 1 is 1.17 bits per heavy atom. The summed E-state index contributed by atoms with van der Waals surface area (Å²) in [6, 6.07) is 17.2. The van der Waals surface area contributed by atoms with Crippen LogP contribution in [0.15, 0.2) is 67.0 Å². The van der Waals surface area contributed by atoms with Crippen molar-refractivity contribution in [3.8, 4) is 11.4 Å². The number of nitrogens with one attached hydrogen (secondary N) is 1. The molecular formula is C19H19N3O2. The molecule has 1 amide bonds. The molecule has 0 saturated carbocycles. The molecule has 5 nitrogen and oxygen atoms in total. The number of carbonyl (C=O) groups excluding carboxylic acids is 1. The van der Waals surface area contributed by atoms with Crippen LogP contribution in [0.3, 0.4) is 0 Å². The van der Waals surface area contributed by atoms with Gasteiger partial charge in [-0.3, -0.25) is 4.79 Å². The van der Waals surface area contributed by atoms with Crippen molar-refractivity contribution in [3.63, 3.8) is 0 Å². The third kappa shape index (κ3) is 4.01. The lowest BCUT2D eigenvalue weighted by Gasteiger charge is -2.06. The Morgan fingerprint density at radius 3 is 2.79 bits per heavy atom. The molecule has 1 N–H and O–H groups in total. The summed E-state index contributed by atoms with van der Waals surface area (Å²) in [6.45, 7) is 0. The zero-order chi connectivity index (χ0) is 16.8. The molecule has 1 heterocycles. The van der Waals surface area contributed by atoms with E-state index in [-0.39, 0.29) is 5.91 Å². The summed E-state index contributed by atoms with van der Waals surface area (Å²) in [6.07, 6.45) is 4.79.